The van der Waals surface area contributed by atoms with Crippen molar-refractivity contribution in [1.29, 1.82) is 0 Å². The van der Waals surface area contributed by atoms with E-state index in [1.807, 2.05) is 50.2 Å². The predicted octanol–water partition coefficient (Wildman–Crippen LogP) is -7.55. The summed E-state index contributed by atoms with van der Waals surface area (Å²) >= 11 is 0. The summed E-state index contributed by atoms with van der Waals surface area (Å²) in [6.07, 6.45) is 8.05. The van der Waals surface area contributed by atoms with Gasteiger partial charge in [-0.1, -0.05) is 70.2 Å². The number of rotatable bonds is 10. The Morgan fingerprint density at radius 3 is 1.15 bits per heavy atom. The largest absolute Gasteiger partial charge is 2.00 e. The van der Waals surface area contributed by atoms with E-state index in [2.05, 4.69) is 20.0 Å². The van der Waals surface area contributed by atoms with Gasteiger partial charge >= 0.3 is 51.2 Å². The summed E-state index contributed by atoms with van der Waals surface area (Å²) in [7, 11) is -9.89. The smallest absolute Gasteiger partial charge is 0.872 e. The van der Waals surface area contributed by atoms with E-state index in [4.69, 9.17) is 37.3 Å². The Labute approximate surface area is 342 Å². The van der Waals surface area contributed by atoms with Crippen LogP contribution in [0.5, 0.6) is 11.5 Å². The molecule has 0 saturated heterocycles. The van der Waals surface area contributed by atoms with Gasteiger partial charge in [0.05, 0.1) is 0 Å². The van der Waals surface area contributed by atoms with Crippen LogP contribution in [0.4, 0.5) is 0 Å². The molecule has 3 radical (unpaired) electrons. The molecule has 4 aromatic rings. The van der Waals surface area contributed by atoms with Crippen LogP contribution in [0.1, 0.15) is 44.8 Å². The summed E-state index contributed by atoms with van der Waals surface area (Å²) in [6.45, 7) is 3.88. The monoisotopic (exact) mass is 923 g/mol. The van der Waals surface area contributed by atoms with Crippen molar-refractivity contribution in [3.63, 3.8) is 0 Å². The number of aryl methyl sites for hydroxylation is 2. The van der Waals surface area contributed by atoms with Gasteiger partial charge in [-0.3, -0.25) is 20.0 Å². The van der Waals surface area contributed by atoms with Gasteiger partial charge in [0, 0.05) is 62.1 Å². The van der Waals surface area contributed by atoms with E-state index >= 15 is 0 Å². The van der Waals surface area contributed by atoms with Gasteiger partial charge in [-0.2, -0.15) is 0 Å². The number of halogens is 2. The normalized spacial score (nSPS) is 10.6. The number of hydrogen-bond acceptors (Lipinski definition) is 16. The molecule has 299 valence electrons. The van der Waals surface area contributed by atoms with E-state index < -0.39 is 33.7 Å². The number of aromatic nitrogens is 2. The maximum absolute atomic E-state index is 11.9. The third kappa shape index (κ3) is 27.6. The minimum atomic E-state index is -4.94. The summed E-state index contributed by atoms with van der Waals surface area (Å²) in [6, 6.07) is 18.3. The van der Waals surface area contributed by atoms with Gasteiger partial charge in [-0.15, -0.1) is 33.7 Å². The number of benzene rings is 2. The molecular formula is C32H32Cl2Cu3N4O12. The van der Waals surface area contributed by atoms with E-state index in [1.165, 1.54) is 0 Å². The summed E-state index contributed by atoms with van der Waals surface area (Å²) in [5, 5.41) is 45.7. The molecule has 53 heavy (non-hydrogen) atoms. The van der Waals surface area contributed by atoms with Crippen LogP contribution >= 0.6 is 0 Å². The molecule has 0 amide bonds. The van der Waals surface area contributed by atoms with Gasteiger partial charge in [0.2, 0.25) is 0 Å². The van der Waals surface area contributed by atoms with Crippen LogP contribution in [0.2, 0.25) is 0 Å². The van der Waals surface area contributed by atoms with E-state index in [1.54, 1.807) is 49.1 Å². The van der Waals surface area contributed by atoms with Crippen molar-refractivity contribution in [2.75, 3.05) is 13.1 Å². The number of aliphatic imine (C=N–C) groups is 2. The van der Waals surface area contributed by atoms with Crippen LogP contribution < -0.4 is 57.7 Å². The third-order valence-electron chi connectivity index (χ3n) is 5.90. The molecule has 0 fully saturated rings. The molecular weight excluding hydrogens is 894 g/mol. The van der Waals surface area contributed by atoms with Crippen molar-refractivity contribution in [1.82, 2.24) is 9.97 Å². The van der Waals surface area contributed by atoms with Crippen molar-refractivity contribution < 1.29 is 129 Å². The second-order valence-electron chi connectivity index (χ2n) is 9.94. The molecule has 0 spiro atoms. The standard InChI is InChI=1S/2C16H17N2O2.2ClHO4.3Cu/c2*1-12-8-13(16(20)14(9-12)11-19)10-17-7-5-15-4-2-3-6-18-15;2*2-1(3,4)5;;;/h2*2-4,6,8-10,20H,5,7,11H2,1H3;2*(H,2,3,4,5);;;/q2*-1;;;3*+2/p-4. The molecule has 0 atom stereocenters. The van der Waals surface area contributed by atoms with Gasteiger partial charge in [-0.05, 0) is 49.2 Å². The van der Waals surface area contributed by atoms with Gasteiger partial charge < -0.3 is 20.4 Å². The zero-order chi connectivity index (χ0) is 37.7. The Morgan fingerprint density at radius 1 is 0.566 bits per heavy atom. The predicted molar refractivity (Wildman–Crippen MR) is 149 cm³/mol. The molecule has 2 heterocycles. The zero-order valence-electron chi connectivity index (χ0n) is 27.7. The second-order valence-corrected chi connectivity index (χ2v) is 11.5. The Hall–Kier alpha value is -2.58. The first-order chi connectivity index (χ1) is 23.4. The Balaban J connectivity index is -0.000000720. The van der Waals surface area contributed by atoms with Gasteiger partial charge in [0.1, 0.15) is 0 Å². The molecule has 0 bridgehead atoms. The molecule has 0 N–H and O–H groups in total. The van der Waals surface area contributed by atoms with Crippen molar-refractivity contribution in [2.24, 2.45) is 9.98 Å². The first-order valence-corrected chi connectivity index (χ1v) is 16.7. The van der Waals surface area contributed by atoms with Crippen molar-refractivity contribution >= 4 is 12.4 Å². The molecule has 0 unspecified atom stereocenters. The van der Waals surface area contributed by atoms with Crippen molar-refractivity contribution in [3.8, 4) is 11.5 Å². The van der Waals surface area contributed by atoms with Crippen LogP contribution in [0.15, 0.2) is 83.0 Å². The molecule has 0 aliphatic heterocycles. The topological polar surface area (TPSA) is 327 Å². The Bertz CT molecular complexity index is 1500. The van der Waals surface area contributed by atoms with Crippen LogP contribution in [0, 0.1) is 34.3 Å². The molecule has 0 saturated carbocycles. The Kier molecular flexibility index (Phi) is 29.8. The van der Waals surface area contributed by atoms with Crippen LogP contribution in [-0.4, -0.2) is 35.5 Å². The summed E-state index contributed by atoms with van der Waals surface area (Å²) in [5.41, 5.74) is 5.32. The zero-order valence-corrected chi connectivity index (χ0v) is 32.0. The van der Waals surface area contributed by atoms with E-state index in [-0.39, 0.29) is 62.7 Å². The molecule has 16 nitrogen and oxygen atoms in total. The molecule has 21 heteroatoms. The maximum atomic E-state index is 11.9. The SMILES string of the molecule is Cc1cc(C=NCCc2ccccn2)c([O-])c(C[O-])c1.Cc1cc(C=NCCc2ccccn2)c([O-])c(C[O-])c1.[Cu+2].[Cu+2].[Cu+2].[O-][Cl+3]([O-])([O-])[O-].[O-][Cl+3]([O-])([O-])[O-]. The summed E-state index contributed by atoms with van der Waals surface area (Å²) < 4.78 is 67.9. The number of pyridine rings is 2. The van der Waals surface area contributed by atoms with Gasteiger partial charge in [0.25, 0.3) is 0 Å². The first-order valence-electron chi connectivity index (χ1n) is 14.2. The minimum Gasteiger partial charge on any atom is -0.872 e. The second kappa shape index (κ2) is 28.8. The molecule has 0 aliphatic carbocycles. The average molecular weight is 926 g/mol. The van der Waals surface area contributed by atoms with Crippen molar-refractivity contribution in [2.45, 2.75) is 39.9 Å². The van der Waals surface area contributed by atoms with E-state index in [0.717, 1.165) is 35.4 Å². The number of nitrogens with zero attached hydrogens (tertiary/aromatic N) is 4. The third-order valence-corrected chi connectivity index (χ3v) is 5.90. The fourth-order valence-corrected chi connectivity index (χ4v) is 3.94. The molecule has 2 aromatic carbocycles. The minimum absolute atomic E-state index is 0. The van der Waals surface area contributed by atoms with E-state index in [0.29, 0.717) is 35.3 Å². The molecule has 2 aromatic heterocycles. The fraction of sp³-hybridized carbons (Fsp3) is 0.250. The van der Waals surface area contributed by atoms with Crippen molar-refractivity contribution in [3.05, 3.63) is 118 Å². The van der Waals surface area contributed by atoms with Gasteiger partial charge in [0.15, 0.2) is 0 Å². The van der Waals surface area contributed by atoms with Gasteiger partial charge in [-0.25, -0.2) is 37.3 Å². The Morgan fingerprint density at radius 2 is 0.887 bits per heavy atom. The maximum Gasteiger partial charge on any atom is 2.00 e. The quantitative estimate of drug-likeness (QED) is 0.105. The summed E-state index contributed by atoms with van der Waals surface area (Å²) in [4.78, 5) is 16.9. The molecule has 4 rings (SSSR count). The number of hydrogen-bond donors (Lipinski definition) is 0. The van der Waals surface area contributed by atoms with Crippen LogP contribution in [0.25, 0.3) is 0 Å². The fourth-order valence-electron chi connectivity index (χ4n) is 3.94. The average Bonchev–Trinajstić information content (AvgIpc) is 3.04. The van der Waals surface area contributed by atoms with Crippen LogP contribution in [-0.2, 0) is 77.3 Å². The first kappa shape index (κ1) is 54.8. The van der Waals surface area contributed by atoms with Crippen LogP contribution in [0.3, 0.4) is 0 Å². The summed E-state index contributed by atoms with van der Waals surface area (Å²) in [5.74, 6) is -0.431. The molecule has 0 aliphatic rings. The van der Waals surface area contributed by atoms with E-state index in [9.17, 15) is 20.4 Å².